The highest BCUT2D eigenvalue weighted by atomic mass is 16.5. The molecular weight excluding hydrogens is 176 g/mol. The maximum absolute atomic E-state index is 4.98. The zero-order valence-corrected chi connectivity index (χ0v) is 10.6. The largest absolute Gasteiger partial charge is 0.383 e. The molecule has 3 nitrogen and oxygen atoms in total. The van der Waals surface area contributed by atoms with Gasteiger partial charge >= 0.3 is 0 Å². The molecule has 0 aromatic heterocycles. The number of hydrogen-bond acceptors (Lipinski definition) is 3. The lowest BCUT2D eigenvalue weighted by Gasteiger charge is -2.26. The monoisotopic (exact) mass is 204 g/mol. The summed E-state index contributed by atoms with van der Waals surface area (Å²) in [7, 11) is 1.75. The van der Waals surface area contributed by atoms with Crippen LogP contribution in [-0.2, 0) is 4.74 Å². The molecule has 1 aliphatic rings. The second-order valence-corrected chi connectivity index (χ2v) is 2.58. The van der Waals surface area contributed by atoms with Gasteiger partial charge in [-0.15, -0.1) is 0 Å². The molecule has 1 N–H and O–H groups in total. The Hall–Kier alpha value is -0.120. The van der Waals surface area contributed by atoms with Crippen LogP contribution < -0.4 is 5.32 Å². The number of piperazine rings is 1. The van der Waals surface area contributed by atoms with Gasteiger partial charge in [0, 0.05) is 39.8 Å². The third kappa shape index (κ3) is 9.96. The van der Waals surface area contributed by atoms with Gasteiger partial charge in [0.05, 0.1) is 6.61 Å². The van der Waals surface area contributed by atoms with Crippen LogP contribution in [-0.4, -0.2) is 51.3 Å². The van der Waals surface area contributed by atoms with Gasteiger partial charge in [0.25, 0.3) is 0 Å². The fraction of sp³-hybridized carbons (Fsp3) is 1.00. The topological polar surface area (TPSA) is 24.5 Å². The molecule has 88 valence electrons. The molecule has 0 unspecified atom stereocenters. The van der Waals surface area contributed by atoms with Gasteiger partial charge in [0.2, 0.25) is 0 Å². The normalized spacial score (nSPS) is 16.1. The zero-order chi connectivity index (χ0) is 11.2. The maximum atomic E-state index is 4.98. The molecule has 1 aliphatic heterocycles. The molecule has 1 fully saturated rings. The van der Waals surface area contributed by atoms with Gasteiger partial charge in [-0.1, -0.05) is 27.7 Å². The Morgan fingerprint density at radius 1 is 1.07 bits per heavy atom. The van der Waals surface area contributed by atoms with Gasteiger partial charge in [-0.05, 0) is 0 Å². The highest BCUT2D eigenvalue weighted by Crippen LogP contribution is 1.90. The minimum Gasteiger partial charge on any atom is -0.383 e. The van der Waals surface area contributed by atoms with Crippen molar-refractivity contribution < 1.29 is 4.74 Å². The van der Waals surface area contributed by atoms with Crippen molar-refractivity contribution in [1.29, 1.82) is 0 Å². The molecule has 0 bridgehead atoms. The van der Waals surface area contributed by atoms with E-state index in [0.29, 0.717) is 0 Å². The molecule has 1 rings (SSSR count). The molecule has 1 saturated heterocycles. The van der Waals surface area contributed by atoms with Crippen molar-refractivity contribution in [2.75, 3.05) is 46.4 Å². The van der Waals surface area contributed by atoms with Gasteiger partial charge in [-0.3, -0.25) is 4.90 Å². The van der Waals surface area contributed by atoms with Crippen LogP contribution in [0.25, 0.3) is 0 Å². The summed E-state index contributed by atoms with van der Waals surface area (Å²) in [5.41, 5.74) is 0. The molecule has 0 spiro atoms. The highest BCUT2D eigenvalue weighted by molar-refractivity contribution is 4.66. The van der Waals surface area contributed by atoms with Crippen LogP contribution in [0.3, 0.4) is 0 Å². The van der Waals surface area contributed by atoms with Crippen LogP contribution in [0.15, 0.2) is 0 Å². The van der Waals surface area contributed by atoms with Gasteiger partial charge in [0.1, 0.15) is 0 Å². The molecule has 3 heteroatoms. The molecule has 0 radical (unpaired) electrons. The standard InChI is InChI=1S/C7H16N2O.2C2H6/c1-10-7-6-9-4-2-8-3-5-9;2*1-2/h8H,2-7H2,1H3;2*1-2H3. The summed E-state index contributed by atoms with van der Waals surface area (Å²) in [6.45, 7) is 14.5. The van der Waals surface area contributed by atoms with E-state index in [0.717, 1.165) is 26.2 Å². The molecule has 1 heterocycles. The summed E-state index contributed by atoms with van der Waals surface area (Å²) in [5, 5.41) is 3.31. The van der Waals surface area contributed by atoms with Crippen molar-refractivity contribution in [2.24, 2.45) is 0 Å². The first-order valence-electron chi connectivity index (χ1n) is 5.85. The van der Waals surface area contributed by atoms with E-state index in [1.54, 1.807) is 7.11 Å². The summed E-state index contributed by atoms with van der Waals surface area (Å²) in [6, 6.07) is 0. The van der Waals surface area contributed by atoms with Crippen molar-refractivity contribution in [3.05, 3.63) is 0 Å². The molecule has 14 heavy (non-hydrogen) atoms. The van der Waals surface area contributed by atoms with E-state index in [4.69, 9.17) is 4.74 Å². The molecule has 0 aromatic carbocycles. The van der Waals surface area contributed by atoms with Gasteiger partial charge in [0.15, 0.2) is 0 Å². The second kappa shape index (κ2) is 15.4. The lowest BCUT2D eigenvalue weighted by Crippen LogP contribution is -2.44. The van der Waals surface area contributed by atoms with Gasteiger partial charge in [-0.25, -0.2) is 0 Å². The third-order valence-corrected chi connectivity index (χ3v) is 1.82. The van der Waals surface area contributed by atoms with Crippen LogP contribution in [0, 0.1) is 0 Å². The Morgan fingerprint density at radius 2 is 1.57 bits per heavy atom. The van der Waals surface area contributed by atoms with E-state index in [1.807, 2.05) is 27.7 Å². The van der Waals surface area contributed by atoms with E-state index in [-0.39, 0.29) is 0 Å². The Balaban J connectivity index is 0. The average molecular weight is 204 g/mol. The van der Waals surface area contributed by atoms with Crippen molar-refractivity contribution in [3.63, 3.8) is 0 Å². The summed E-state index contributed by atoms with van der Waals surface area (Å²) in [5.74, 6) is 0. The first-order chi connectivity index (χ1) is 6.93. The highest BCUT2D eigenvalue weighted by Gasteiger charge is 2.07. The maximum Gasteiger partial charge on any atom is 0.0589 e. The van der Waals surface area contributed by atoms with Crippen LogP contribution >= 0.6 is 0 Å². The number of ether oxygens (including phenoxy) is 1. The number of hydrogen-bond donors (Lipinski definition) is 1. The SMILES string of the molecule is CC.CC.COCCN1CCNCC1. The number of nitrogens with one attached hydrogen (secondary N) is 1. The van der Waals surface area contributed by atoms with E-state index < -0.39 is 0 Å². The molecule has 0 saturated carbocycles. The minimum absolute atomic E-state index is 0.861. The zero-order valence-electron chi connectivity index (χ0n) is 10.6. The van der Waals surface area contributed by atoms with Gasteiger partial charge in [-0.2, -0.15) is 0 Å². The fourth-order valence-corrected chi connectivity index (χ4v) is 1.16. The smallest absolute Gasteiger partial charge is 0.0589 e. The Morgan fingerprint density at radius 3 is 2.00 bits per heavy atom. The number of nitrogens with zero attached hydrogens (tertiary/aromatic N) is 1. The first-order valence-corrected chi connectivity index (χ1v) is 5.85. The van der Waals surface area contributed by atoms with Crippen molar-refractivity contribution in [1.82, 2.24) is 10.2 Å². The van der Waals surface area contributed by atoms with E-state index in [1.165, 1.54) is 13.1 Å². The first kappa shape index (κ1) is 16.3. The third-order valence-electron chi connectivity index (χ3n) is 1.82. The van der Waals surface area contributed by atoms with Crippen LogP contribution in [0.4, 0.5) is 0 Å². The second-order valence-electron chi connectivity index (χ2n) is 2.58. The Kier molecular flexibility index (Phi) is 17.9. The predicted molar refractivity (Wildman–Crippen MR) is 63.9 cm³/mol. The van der Waals surface area contributed by atoms with E-state index >= 15 is 0 Å². The Bertz CT molecular complexity index is 83.4. The molecule has 0 aromatic rings. The number of rotatable bonds is 3. The lowest BCUT2D eigenvalue weighted by atomic mass is 10.4. The fourth-order valence-electron chi connectivity index (χ4n) is 1.16. The number of methoxy groups -OCH3 is 1. The lowest BCUT2D eigenvalue weighted by molar-refractivity contribution is 0.139. The minimum atomic E-state index is 0.861. The molecule has 0 amide bonds. The van der Waals surface area contributed by atoms with Crippen LogP contribution in [0.1, 0.15) is 27.7 Å². The van der Waals surface area contributed by atoms with Gasteiger partial charge < -0.3 is 10.1 Å². The summed E-state index contributed by atoms with van der Waals surface area (Å²) < 4.78 is 4.98. The van der Waals surface area contributed by atoms with Crippen molar-refractivity contribution in [3.8, 4) is 0 Å². The summed E-state index contributed by atoms with van der Waals surface area (Å²) in [4.78, 5) is 2.42. The quantitative estimate of drug-likeness (QED) is 0.755. The average Bonchev–Trinajstić information content (AvgIpc) is 2.33. The summed E-state index contributed by atoms with van der Waals surface area (Å²) in [6.07, 6.45) is 0. The summed E-state index contributed by atoms with van der Waals surface area (Å²) >= 11 is 0. The molecule has 0 atom stereocenters. The van der Waals surface area contributed by atoms with Crippen molar-refractivity contribution >= 4 is 0 Å². The Labute approximate surface area is 89.8 Å². The molecular formula is C11H28N2O. The van der Waals surface area contributed by atoms with Crippen molar-refractivity contribution in [2.45, 2.75) is 27.7 Å². The van der Waals surface area contributed by atoms with E-state index in [9.17, 15) is 0 Å². The van der Waals surface area contributed by atoms with Crippen LogP contribution in [0.5, 0.6) is 0 Å². The molecule has 0 aliphatic carbocycles. The predicted octanol–water partition coefficient (Wildman–Crippen LogP) is 1.59. The van der Waals surface area contributed by atoms with E-state index in [2.05, 4.69) is 10.2 Å². The van der Waals surface area contributed by atoms with Crippen LogP contribution in [0.2, 0.25) is 0 Å².